The third-order valence-corrected chi connectivity index (χ3v) is 4.31. The van der Waals surface area contributed by atoms with Gasteiger partial charge >= 0.3 is 0 Å². The van der Waals surface area contributed by atoms with E-state index in [0.717, 1.165) is 24.2 Å². The fraction of sp³-hybridized carbons (Fsp3) is 0.294. The van der Waals surface area contributed by atoms with E-state index in [1.54, 1.807) is 7.11 Å². The maximum absolute atomic E-state index is 6.09. The van der Waals surface area contributed by atoms with Crippen LogP contribution in [-0.2, 0) is 6.42 Å². The molecule has 0 fully saturated rings. The Hall–Kier alpha value is -1.22. The van der Waals surface area contributed by atoms with Gasteiger partial charge in [0.25, 0.3) is 0 Å². The van der Waals surface area contributed by atoms with E-state index in [-0.39, 0.29) is 6.04 Å². The maximum atomic E-state index is 6.09. The molecule has 0 spiro atoms. The number of aryl methyl sites for hydroxylation is 1. The summed E-state index contributed by atoms with van der Waals surface area (Å²) in [5.74, 6) is 0.883. The lowest BCUT2D eigenvalue weighted by Gasteiger charge is -2.17. The van der Waals surface area contributed by atoms with Crippen molar-refractivity contribution >= 4 is 23.2 Å². The second-order valence-corrected chi connectivity index (χ2v) is 5.72. The second kappa shape index (κ2) is 7.69. The largest absolute Gasteiger partial charge is 0.497 e. The Kier molecular flexibility index (Phi) is 5.92. The highest BCUT2D eigenvalue weighted by molar-refractivity contribution is 6.42. The van der Waals surface area contributed by atoms with Gasteiger partial charge in [-0.3, -0.25) is 0 Å². The SMILES string of the molecule is CNC(CCc1ccc(OC)cc1)c1ccc(Cl)c(Cl)c1. The summed E-state index contributed by atoms with van der Waals surface area (Å²) in [5.41, 5.74) is 2.44. The topological polar surface area (TPSA) is 21.3 Å². The van der Waals surface area contributed by atoms with Gasteiger partial charge in [0.2, 0.25) is 0 Å². The van der Waals surface area contributed by atoms with Gasteiger partial charge < -0.3 is 10.1 Å². The third-order valence-electron chi connectivity index (χ3n) is 3.58. The summed E-state index contributed by atoms with van der Waals surface area (Å²) in [6.07, 6.45) is 1.97. The minimum atomic E-state index is 0.252. The van der Waals surface area contributed by atoms with E-state index in [2.05, 4.69) is 17.4 Å². The Balaban J connectivity index is 2.02. The monoisotopic (exact) mass is 323 g/mol. The van der Waals surface area contributed by atoms with Crippen molar-refractivity contribution < 1.29 is 4.74 Å². The minimum absolute atomic E-state index is 0.252. The molecular formula is C17H19Cl2NO. The molecule has 0 aliphatic heterocycles. The zero-order chi connectivity index (χ0) is 15.2. The molecule has 0 saturated carbocycles. The van der Waals surface area contributed by atoms with Crippen LogP contribution < -0.4 is 10.1 Å². The molecule has 0 radical (unpaired) electrons. The molecule has 0 aliphatic rings. The molecule has 0 heterocycles. The first-order chi connectivity index (χ1) is 10.1. The number of methoxy groups -OCH3 is 1. The number of nitrogens with one attached hydrogen (secondary N) is 1. The van der Waals surface area contributed by atoms with Crippen molar-refractivity contribution in [1.82, 2.24) is 5.32 Å². The van der Waals surface area contributed by atoms with Crippen molar-refractivity contribution in [1.29, 1.82) is 0 Å². The van der Waals surface area contributed by atoms with Gasteiger partial charge in [-0.1, -0.05) is 41.4 Å². The van der Waals surface area contributed by atoms with Crippen LogP contribution in [-0.4, -0.2) is 14.2 Å². The van der Waals surface area contributed by atoms with E-state index in [4.69, 9.17) is 27.9 Å². The van der Waals surface area contributed by atoms with Crippen molar-refractivity contribution in [3.05, 3.63) is 63.6 Å². The molecule has 2 rings (SSSR count). The quantitative estimate of drug-likeness (QED) is 0.816. The van der Waals surface area contributed by atoms with E-state index >= 15 is 0 Å². The summed E-state index contributed by atoms with van der Waals surface area (Å²) in [5, 5.41) is 4.52. The minimum Gasteiger partial charge on any atom is -0.497 e. The lowest BCUT2D eigenvalue weighted by molar-refractivity contribution is 0.414. The Bertz CT molecular complexity index is 584. The second-order valence-electron chi connectivity index (χ2n) is 4.90. The molecule has 2 nitrogen and oxygen atoms in total. The standard InChI is InChI=1S/C17H19Cl2NO/c1-20-17(13-6-9-15(18)16(19)11-13)10-5-12-3-7-14(21-2)8-4-12/h3-4,6-9,11,17,20H,5,10H2,1-2H3. The fourth-order valence-electron chi connectivity index (χ4n) is 2.31. The number of hydrogen-bond acceptors (Lipinski definition) is 2. The predicted molar refractivity (Wildman–Crippen MR) is 89.6 cm³/mol. The van der Waals surface area contributed by atoms with Crippen molar-refractivity contribution in [2.24, 2.45) is 0 Å². The first-order valence-electron chi connectivity index (χ1n) is 6.89. The fourth-order valence-corrected chi connectivity index (χ4v) is 2.62. The zero-order valence-corrected chi connectivity index (χ0v) is 13.7. The van der Waals surface area contributed by atoms with Crippen molar-refractivity contribution in [3.8, 4) is 5.75 Å². The van der Waals surface area contributed by atoms with Crippen LogP contribution >= 0.6 is 23.2 Å². The van der Waals surface area contributed by atoms with Crippen LogP contribution in [0.1, 0.15) is 23.6 Å². The predicted octanol–water partition coefficient (Wildman–Crippen LogP) is 4.90. The van der Waals surface area contributed by atoms with Gasteiger partial charge in [0.15, 0.2) is 0 Å². The lowest BCUT2D eigenvalue weighted by atomic mass is 9.99. The molecule has 4 heteroatoms. The molecule has 0 aromatic heterocycles. The van der Waals surface area contributed by atoms with Crippen LogP contribution in [0.3, 0.4) is 0 Å². The normalized spacial score (nSPS) is 12.2. The molecule has 0 saturated heterocycles. The van der Waals surface area contributed by atoms with Gasteiger partial charge in [-0.05, 0) is 55.3 Å². The van der Waals surface area contributed by atoms with Crippen LogP contribution in [0.4, 0.5) is 0 Å². The van der Waals surface area contributed by atoms with E-state index in [1.165, 1.54) is 5.56 Å². The van der Waals surface area contributed by atoms with Crippen LogP contribution in [0.5, 0.6) is 5.75 Å². The van der Waals surface area contributed by atoms with Crippen molar-refractivity contribution in [3.63, 3.8) is 0 Å². The third kappa shape index (κ3) is 4.37. The van der Waals surface area contributed by atoms with Crippen LogP contribution in [0.15, 0.2) is 42.5 Å². The zero-order valence-electron chi connectivity index (χ0n) is 12.2. The Morgan fingerprint density at radius 2 is 1.76 bits per heavy atom. The average Bonchev–Trinajstić information content (AvgIpc) is 2.52. The van der Waals surface area contributed by atoms with Gasteiger partial charge in [0, 0.05) is 6.04 Å². The van der Waals surface area contributed by atoms with Gasteiger partial charge in [-0.2, -0.15) is 0 Å². The molecule has 0 aliphatic carbocycles. The van der Waals surface area contributed by atoms with Gasteiger partial charge in [-0.25, -0.2) is 0 Å². The maximum Gasteiger partial charge on any atom is 0.118 e. The molecule has 0 amide bonds. The molecule has 1 unspecified atom stereocenters. The first-order valence-corrected chi connectivity index (χ1v) is 7.64. The number of rotatable bonds is 6. The average molecular weight is 324 g/mol. The Morgan fingerprint density at radius 3 is 2.33 bits per heavy atom. The highest BCUT2D eigenvalue weighted by Gasteiger charge is 2.11. The van der Waals surface area contributed by atoms with E-state index in [1.807, 2.05) is 37.4 Å². The smallest absolute Gasteiger partial charge is 0.118 e. The number of benzene rings is 2. The number of ether oxygens (including phenoxy) is 1. The Morgan fingerprint density at radius 1 is 1.05 bits per heavy atom. The van der Waals surface area contributed by atoms with Gasteiger partial charge in [0.1, 0.15) is 5.75 Å². The van der Waals surface area contributed by atoms with Crippen molar-refractivity contribution in [2.45, 2.75) is 18.9 Å². The van der Waals surface area contributed by atoms with E-state index in [0.29, 0.717) is 10.0 Å². The van der Waals surface area contributed by atoms with E-state index in [9.17, 15) is 0 Å². The van der Waals surface area contributed by atoms with Gasteiger partial charge in [0.05, 0.1) is 17.2 Å². The highest BCUT2D eigenvalue weighted by atomic mass is 35.5. The summed E-state index contributed by atoms with van der Waals surface area (Å²) >= 11 is 12.1. The van der Waals surface area contributed by atoms with E-state index < -0.39 is 0 Å². The summed E-state index contributed by atoms with van der Waals surface area (Å²) < 4.78 is 5.17. The number of halogens is 2. The lowest BCUT2D eigenvalue weighted by Crippen LogP contribution is -2.17. The number of hydrogen-bond donors (Lipinski definition) is 1. The molecule has 2 aromatic carbocycles. The first kappa shape index (κ1) is 16.2. The molecule has 2 aromatic rings. The highest BCUT2D eigenvalue weighted by Crippen LogP contribution is 2.27. The van der Waals surface area contributed by atoms with Crippen LogP contribution in [0.25, 0.3) is 0 Å². The van der Waals surface area contributed by atoms with Gasteiger partial charge in [-0.15, -0.1) is 0 Å². The summed E-state index contributed by atoms with van der Waals surface area (Å²) in [4.78, 5) is 0. The molecule has 21 heavy (non-hydrogen) atoms. The molecule has 112 valence electrons. The Labute approximate surface area is 136 Å². The summed E-state index contributed by atoms with van der Waals surface area (Å²) in [7, 11) is 3.64. The molecule has 1 N–H and O–H groups in total. The molecule has 1 atom stereocenters. The van der Waals surface area contributed by atoms with Crippen LogP contribution in [0.2, 0.25) is 10.0 Å². The van der Waals surface area contributed by atoms with Crippen LogP contribution in [0, 0.1) is 0 Å². The molecule has 0 bridgehead atoms. The molecular weight excluding hydrogens is 305 g/mol. The summed E-state index contributed by atoms with van der Waals surface area (Å²) in [6.45, 7) is 0. The summed E-state index contributed by atoms with van der Waals surface area (Å²) in [6, 6.07) is 14.2. The van der Waals surface area contributed by atoms with Crippen molar-refractivity contribution in [2.75, 3.05) is 14.2 Å².